The largest absolute Gasteiger partial charge is 0.337 e. The summed E-state index contributed by atoms with van der Waals surface area (Å²) in [5, 5.41) is 7.22. The Balaban J connectivity index is 1.56. The van der Waals surface area contributed by atoms with E-state index in [0.29, 0.717) is 18.3 Å². The summed E-state index contributed by atoms with van der Waals surface area (Å²) in [6, 6.07) is 13.4. The van der Waals surface area contributed by atoms with Gasteiger partial charge >= 0.3 is 6.03 Å². The Hall–Kier alpha value is -2.67. The molecule has 3 aromatic rings. The van der Waals surface area contributed by atoms with E-state index in [4.69, 9.17) is 4.52 Å². The fraction of sp³-hybridized carbons (Fsp3) is 0.318. The van der Waals surface area contributed by atoms with E-state index in [1.807, 2.05) is 61.2 Å². The van der Waals surface area contributed by atoms with Gasteiger partial charge in [-0.3, -0.25) is 0 Å². The van der Waals surface area contributed by atoms with E-state index < -0.39 is 0 Å². The van der Waals surface area contributed by atoms with Crippen LogP contribution in [0, 0.1) is 13.8 Å². The predicted molar refractivity (Wildman–Crippen MR) is 116 cm³/mol. The number of halogens is 1. The zero-order valence-electron chi connectivity index (χ0n) is 16.5. The third kappa shape index (κ3) is 4.19. The number of nitrogens with one attached hydrogen (secondary N) is 1. The minimum atomic E-state index is -0.218. The van der Waals surface area contributed by atoms with Crippen LogP contribution in [-0.2, 0) is 0 Å². The van der Waals surface area contributed by atoms with Gasteiger partial charge in [-0.2, -0.15) is 4.98 Å². The van der Waals surface area contributed by atoms with Gasteiger partial charge in [0.15, 0.2) is 0 Å². The summed E-state index contributed by atoms with van der Waals surface area (Å²) in [5.41, 5.74) is 3.83. The van der Waals surface area contributed by atoms with E-state index in [1.54, 1.807) is 0 Å². The lowest BCUT2D eigenvalue weighted by Gasteiger charge is -2.33. The highest BCUT2D eigenvalue weighted by atomic mass is 79.9. The Morgan fingerprint density at radius 1 is 1.14 bits per heavy atom. The zero-order chi connectivity index (χ0) is 20.4. The number of hydrogen-bond donors (Lipinski definition) is 1. The molecule has 4 rings (SSSR count). The van der Waals surface area contributed by atoms with E-state index in [-0.39, 0.29) is 12.1 Å². The van der Waals surface area contributed by atoms with Crippen molar-refractivity contribution >= 4 is 27.6 Å². The van der Waals surface area contributed by atoms with Crippen LogP contribution in [0.4, 0.5) is 10.5 Å². The molecule has 1 aromatic heterocycles. The molecule has 2 heterocycles. The Bertz CT molecular complexity index is 996. The fourth-order valence-electron chi connectivity index (χ4n) is 3.71. The number of aromatic nitrogens is 2. The number of benzene rings is 2. The fourth-order valence-corrected chi connectivity index (χ4v) is 3.97. The van der Waals surface area contributed by atoms with Crippen molar-refractivity contribution in [1.82, 2.24) is 15.0 Å². The molecule has 0 aliphatic carbocycles. The first-order valence-electron chi connectivity index (χ1n) is 9.76. The molecule has 0 spiro atoms. The summed E-state index contributed by atoms with van der Waals surface area (Å²) in [6.45, 7) is 4.66. The predicted octanol–water partition coefficient (Wildman–Crippen LogP) is 5.88. The number of carbonyl (C=O) groups excluding carboxylic acids is 1. The standard InChI is InChI=1S/C22H23BrN4O2/c1-14-6-5-7-15(2)19(14)24-22(28)27-13-4-3-8-18(27)21-25-20(26-29-21)16-9-11-17(23)12-10-16/h5-7,9-12,18H,3-4,8,13H2,1-2H3,(H,24,28). The van der Waals surface area contributed by atoms with Crippen LogP contribution in [0.1, 0.15) is 42.3 Å². The van der Waals surface area contributed by atoms with Crippen LogP contribution in [0.2, 0.25) is 0 Å². The van der Waals surface area contributed by atoms with Gasteiger partial charge in [0, 0.05) is 22.3 Å². The average molecular weight is 455 g/mol. The lowest BCUT2D eigenvalue weighted by Crippen LogP contribution is -2.41. The number of anilines is 1. The van der Waals surface area contributed by atoms with Crippen molar-refractivity contribution in [1.29, 1.82) is 0 Å². The average Bonchev–Trinajstić information content (AvgIpc) is 3.21. The molecule has 0 bridgehead atoms. The summed E-state index contributed by atoms with van der Waals surface area (Å²) < 4.78 is 6.56. The van der Waals surface area contributed by atoms with E-state index in [2.05, 4.69) is 31.4 Å². The molecule has 7 heteroatoms. The van der Waals surface area contributed by atoms with Crippen LogP contribution in [0.25, 0.3) is 11.4 Å². The van der Waals surface area contributed by atoms with Gasteiger partial charge in [0.2, 0.25) is 11.7 Å². The number of aryl methyl sites for hydroxylation is 2. The number of piperidine rings is 1. The van der Waals surface area contributed by atoms with Crippen molar-refractivity contribution in [2.45, 2.75) is 39.2 Å². The highest BCUT2D eigenvalue weighted by Gasteiger charge is 2.32. The molecule has 1 fully saturated rings. The molecular formula is C22H23BrN4O2. The summed E-state index contributed by atoms with van der Waals surface area (Å²) in [6.07, 6.45) is 2.79. The number of para-hydroxylation sites is 1. The van der Waals surface area contributed by atoms with Crippen molar-refractivity contribution in [3.05, 3.63) is 64.0 Å². The second kappa shape index (κ2) is 8.37. The number of rotatable bonds is 3. The lowest BCUT2D eigenvalue weighted by atomic mass is 10.0. The summed E-state index contributed by atoms with van der Waals surface area (Å²) in [4.78, 5) is 19.5. The number of likely N-dealkylation sites (tertiary alicyclic amines) is 1. The van der Waals surface area contributed by atoms with Crippen molar-refractivity contribution in [2.75, 3.05) is 11.9 Å². The second-order valence-corrected chi connectivity index (χ2v) is 8.28. The van der Waals surface area contributed by atoms with E-state index >= 15 is 0 Å². The van der Waals surface area contributed by atoms with Crippen molar-refractivity contribution in [3.8, 4) is 11.4 Å². The minimum Gasteiger partial charge on any atom is -0.337 e. The monoisotopic (exact) mass is 454 g/mol. The van der Waals surface area contributed by atoms with Crippen LogP contribution < -0.4 is 5.32 Å². The number of amides is 2. The molecule has 6 nitrogen and oxygen atoms in total. The van der Waals surface area contributed by atoms with Gasteiger partial charge in [-0.05, 0) is 68.5 Å². The lowest BCUT2D eigenvalue weighted by molar-refractivity contribution is 0.142. The first-order valence-corrected chi connectivity index (χ1v) is 10.6. The smallest absolute Gasteiger partial charge is 0.322 e. The van der Waals surface area contributed by atoms with Crippen LogP contribution in [0.15, 0.2) is 51.5 Å². The van der Waals surface area contributed by atoms with Gasteiger partial charge in [-0.25, -0.2) is 4.79 Å². The Kier molecular flexibility index (Phi) is 5.67. The molecule has 1 unspecified atom stereocenters. The quantitative estimate of drug-likeness (QED) is 0.536. The van der Waals surface area contributed by atoms with Gasteiger partial charge in [0.05, 0.1) is 0 Å². The van der Waals surface area contributed by atoms with Crippen LogP contribution in [-0.4, -0.2) is 27.6 Å². The molecule has 1 saturated heterocycles. The topological polar surface area (TPSA) is 71.3 Å². The number of carbonyl (C=O) groups is 1. The molecule has 1 aliphatic heterocycles. The first-order chi connectivity index (χ1) is 14.0. The number of hydrogen-bond acceptors (Lipinski definition) is 4. The molecule has 0 saturated carbocycles. The SMILES string of the molecule is Cc1cccc(C)c1NC(=O)N1CCCCC1c1nc(-c2ccc(Br)cc2)no1. The van der Waals surface area contributed by atoms with Crippen molar-refractivity contribution < 1.29 is 9.32 Å². The maximum Gasteiger partial charge on any atom is 0.322 e. The molecule has 150 valence electrons. The van der Waals surface area contributed by atoms with Gasteiger partial charge in [0.1, 0.15) is 6.04 Å². The van der Waals surface area contributed by atoms with Gasteiger partial charge in [-0.1, -0.05) is 39.3 Å². The third-order valence-corrected chi connectivity index (χ3v) is 5.83. The minimum absolute atomic E-state index is 0.129. The maximum absolute atomic E-state index is 13.1. The van der Waals surface area contributed by atoms with Crippen LogP contribution in [0.3, 0.4) is 0 Å². The summed E-state index contributed by atoms with van der Waals surface area (Å²) in [7, 11) is 0. The zero-order valence-corrected chi connectivity index (χ0v) is 18.1. The van der Waals surface area contributed by atoms with Crippen LogP contribution >= 0.6 is 15.9 Å². The normalized spacial score (nSPS) is 16.7. The molecule has 0 radical (unpaired) electrons. The molecular weight excluding hydrogens is 432 g/mol. The van der Waals surface area contributed by atoms with Gasteiger partial charge in [-0.15, -0.1) is 0 Å². The van der Waals surface area contributed by atoms with Crippen molar-refractivity contribution in [2.24, 2.45) is 0 Å². The van der Waals surface area contributed by atoms with Crippen LogP contribution in [0.5, 0.6) is 0 Å². The first kappa shape index (κ1) is 19.6. The van der Waals surface area contributed by atoms with E-state index in [1.165, 1.54) is 0 Å². The maximum atomic E-state index is 13.1. The Morgan fingerprint density at radius 3 is 2.59 bits per heavy atom. The molecule has 1 N–H and O–H groups in total. The second-order valence-electron chi connectivity index (χ2n) is 7.37. The summed E-state index contributed by atoms with van der Waals surface area (Å²) >= 11 is 3.43. The van der Waals surface area contributed by atoms with E-state index in [9.17, 15) is 4.79 Å². The number of nitrogens with zero attached hydrogens (tertiary/aromatic N) is 3. The van der Waals surface area contributed by atoms with Gasteiger partial charge < -0.3 is 14.7 Å². The highest BCUT2D eigenvalue weighted by molar-refractivity contribution is 9.10. The van der Waals surface area contributed by atoms with E-state index in [0.717, 1.165) is 46.1 Å². The highest BCUT2D eigenvalue weighted by Crippen LogP contribution is 2.32. The molecule has 1 aliphatic rings. The summed E-state index contributed by atoms with van der Waals surface area (Å²) in [5.74, 6) is 1.02. The third-order valence-electron chi connectivity index (χ3n) is 5.31. The van der Waals surface area contributed by atoms with Gasteiger partial charge in [0.25, 0.3) is 0 Å². The Morgan fingerprint density at radius 2 is 1.86 bits per heavy atom. The Labute approximate surface area is 178 Å². The van der Waals surface area contributed by atoms with Crippen molar-refractivity contribution in [3.63, 3.8) is 0 Å². The molecule has 1 atom stereocenters. The molecule has 29 heavy (non-hydrogen) atoms. The molecule has 2 amide bonds. The molecule has 2 aromatic carbocycles. The number of urea groups is 1.